The number of carbonyl (C=O) groups excluding carboxylic acids is 6. The maximum absolute atomic E-state index is 13.9. The Morgan fingerprint density at radius 2 is 1.54 bits per heavy atom. The number of ether oxygens (including phenoxy) is 4. The zero-order chi connectivity index (χ0) is 35.9. The van der Waals surface area contributed by atoms with Gasteiger partial charge in [-0.1, -0.05) is 32.9 Å². The summed E-state index contributed by atoms with van der Waals surface area (Å²) in [5, 5.41) is 0. The van der Waals surface area contributed by atoms with E-state index in [2.05, 4.69) is 36.7 Å². The van der Waals surface area contributed by atoms with Crippen LogP contribution in [0.3, 0.4) is 0 Å². The van der Waals surface area contributed by atoms with Gasteiger partial charge in [0, 0.05) is 56.7 Å². The number of hydrogen-bond acceptors (Lipinski definition) is 11. The van der Waals surface area contributed by atoms with Gasteiger partial charge in [-0.15, -0.1) is 0 Å². The molecule has 2 aromatic carbocycles. The first-order valence-corrected chi connectivity index (χ1v) is 17.5. The van der Waals surface area contributed by atoms with Crippen molar-refractivity contribution in [1.29, 1.82) is 0 Å². The van der Waals surface area contributed by atoms with Gasteiger partial charge in [-0.05, 0) is 70.1 Å². The fourth-order valence-electron chi connectivity index (χ4n) is 8.46. The van der Waals surface area contributed by atoms with Crippen molar-refractivity contribution < 1.29 is 47.7 Å². The van der Waals surface area contributed by atoms with E-state index in [-0.39, 0.29) is 69.3 Å². The summed E-state index contributed by atoms with van der Waals surface area (Å²) in [4.78, 5) is 81.6. The summed E-state index contributed by atoms with van der Waals surface area (Å²) in [6, 6.07) is 6.94. The number of esters is 3. The lowest BCUT2D eigenvalue weighted by Gasteiger charge is -2.41. The Morgan fingerprint density at radius 3 is 2.16 bits per heavy atom. The fraction of sp³-hybridized carbons (Fsp3) is 0.459. The van der Waals surface area contributed by atoms with E-state index in [0.29, 0.717) is 29.2 Å². The van der Waals surface area contributed by atoms with Crippen molar-refractivity contribution in [3.8, 4) is 11.5 Å². The number of benzene rings is 2. The van der Waals surface area contributed by atoms with E-state index < -0.39 is 41.7 Å². The van der Waals surface area contributed by atoms with Crippen LogP contribution in [0.5, 0.6) is 11.5 Å². The molecular formula is C37H37BrN2O10. The second kappa shape index (κ2) is 12.2. The van der Waals surface area contributed by atoms with Crippen LogP contribution in [0, 0.1) is 16.7 Å². The number of hydrogen-bond donors (Lipinski definition) is 0. The molecule has 262 valence electrons. The number of ketones is 2. The SMILES string of the molecule is CC(=O)Oc1cccc2c1C(=O)c1c(OC(C)=O)cc(C(=O)N3CCN(C4=C(Br)C(=O)OC4O[C@@H]4CC5CCC4(C)C5(C)C)CC3)cc1C2=O. The summed E-state index contributed by atoms with van der Waals surface area (Å²) >= 11 is 3.43. The standard InChI is InChI=1S/C37H37BrN2O10/c1-18(41)47-24-8-6-7-22-27(24)32(44)28-23(31(22)43)15-20(16-25(28)48-19(2)42)33(45)40-13-11-39(12-14-40)30-29(38)34(46)50-35(30)49-26-17-21-9-10-37(26,5)36(21,3)4/h6-8,15-16,21,26,35H,9-14,17H2,1-5H3/t21?,26-,35?,37?/m1/s1. The minimum Gasteiger partial charge on any atom is -0.426 e. The van der Waals surface area contributed by atoms with Crippen molar-refractivity contribution in [2.75, 3.05) is 26.2 Å². The largest absolute Gasteiger partial charge is 0.426 e. The Labute approximate surface area is 297 Å². The van der Waals surface area contributed by atoms with Gasteiger partial charge in [-0.3, -0.25) is 24.0 Å². The van der Waals surface area contributed by atoms with Gasteiger partial charge in [0.1, 0.15) is 21.7 Å². The topological polar surface area (TPSA) is 146 Å². The van der Waals surface area contributed by atoms with E-state index in [1.165, 1.54) is 37.3 Å². The highest BCUT2D eigenvalue weighted by Gasteiger charge is 2.63. The van der Waals surface area contributed by atoms with Crippen molar-refractivity contribution in [2.45, 2.75) is 66.3 Å². The van der Waals surface area contributed by atoms with Crippen LogP contribution >= 0.6 is 15.9 Å². The molecule has 0 N–H and O–H groups in total. The minimum absolute atomic E-state index is 0.000169. The summed E-state index contributed by atoms with van der Waals surface area (Å²) in [7, 11) is 0. The summed E-state index contributed by atoms with van der Waals surface area (Å²) in [5.74, 6) is -3.41. The lowest BCUT2D eigenvalue weighted by atomic mass is 9.70. The third kappa shape index (κ3) is 5.28. The van der Waals surface area contributed by atoms with Crippen LogP contribution in [-0.2, 0) is 23.9 Å². The molecule has 4 atom stereocenters. The molecule has 0 radical (unpaired) electrons. The van der Waals surface area contributed by atoms with E-state index in [9.17, 15) is 28.8 Å². The number of piperazine rings is 1. The highest BCUT2D eigenvalue weighted by molar-refractivity contribution is 9.12. The molecule has 2 aromatic rings. The Morgan fingerprint density at radius 1 is 0.880 bits per heavy atom. The van der Waals surface area contributed by atoms with Crippen LogP contribution in [0.15, 0.2) is 40.5 Å². The normalized spacial score (nSPS) is 26.5. The predicted molar refractivity (Wildman–Crippen MR) is 180 cm³/mol. The number of carbonyl (C=O) groups is 6. The predicted octanol–water partition coefficient (Wildman–Crippen LogP) is 4.79. The molecular weight excluding hydrogens is 712 g/mol. The fourth-order valence-corrected chi connectivity index (χ4v) is 8.99. The third-order valence-electron chi connectivity index (χ3n) is 11.6. The third-order valence-corrected chi connectivity index (χ3v) is 12.3. The van der Waals surface area contributed by atoms with Gasteiger partial charge in [-0.2, -0.15) is 0 Å². The van der Waals surface area contributed by atoms with E-state index in [0.717, 1.165) is 26.2 Å². The number of cyclic esters (lactones) is 1. The summed E-state index contributed by atoms with van der Waals surface area (Å²) in [6.45, 7) is 10.4. The average Bonchev–Trinajstić information content (AvgIpc) is 3.54. The molecule has 1 saturated heterocycles. The van der Waals surface area contributed by atoms with Gasteiger partial charge in [-0.25, -0.2) is 4.79 Å². The molecule has 0 spiro atoms. The molecule has 13 heteroatoms. The lowest BCUT2D eigenvalue weighted by Crippen LogP contribution is -2.50. The molecule has 3 unspecified atom stereocenters. The molecule has 2 saturated carbocycles. The second-order valence-corrected chi connectivity index (χ2v) is 15.2. The Hall–Kier alpha value is -4.36. The molecule has 0 aromatic heterocycles. The van der Waals surface area contributed by atoms with Crippen molar-refractivity contribution in [3.05, 3.63) is 68.3 Å². The second-order valence-electron chi connectivity index (χ2n) is 14.4. The highest BCUT2D eigenvalue weighted by Crippen LogP contribution is 2.66. The molecule has 2 heterocycles. The lowest BCUT2D eigenvalue weighted by molar-refractivity contribution is -0.187. The van der Waals surface area contributed by atoms with Gasteiger partial charge < -0.3 is 28.7 Å². The van der Waals surface area contributed by atoms with Gasteiger partial charge in [0.15, 0.2) is 5.78 Å². The molecule has 3 aliphatic carbocycles. The Kier molecular flexibility index (Phi) is 8.29. The van der Waals surface area contributed by atoms with Crippen LogP contribution in [0.1, 0.15) is 96.1 Å². The van der Waals surface area contributed by atoms with Crippen LogP contribution in [0.25, 0.3) is 0 Å². The van der Waals surface area contributed by atoms with Gasteiger partial charge in [0.2, 0.25) is 12.1 Å². The summed E-state index contributed by atoms with van der Waals surface area (Å²) in [6.07, 6.45) is 2.21. The Balaban J connectivity index is 1.11. The molecule has 12 nitrogen and oxygen atoms in total. The molecule has 3 fully saturated rings. The first-order valence-electron chi connectivity index (χ1n) is 16.7. The van der Waals surface area contributed by atoms with Gasteiger partial charge in [0.05, 0.1) is 17.2 Å². The van der Waals surface area contributed by atoms with Crippen molar-refractivity contribution in [1.82, 2.24) is 9.80 Å². The minimum atomic E-state index is -0.865. The zero-order valence-electron chi connectivity index (χ0n) is 28.4. The Bertz CT molecular complexity index is 1930. The van der Waals surface area contributed by atoms with Crippen LogP contribution < -0.4 is 9.47 Å². The van der Waals surface area contributed by atoms with Crippen molar-refractivity contribution >= 4 is 51.3 Å². The number of halogens is 1. The van der Waals surface area contributed by atoms with E-state index >= 15 is 0 Å². The zero-order valence-corrected chi connectivity index (χ0v) is 30.0. The van der Waals surface area contributed by atoms with Crippen LogP contribution in [0.2, 0.25) is 0 Å². The maximum atomic E-state index is 13.9. The monoisotopic (exact) mass is 748 g/mol. The molecule has 2 aliphatic heterocycles. The van der Waals surface area contributed by atoms with Crippen molar-refractivity contribution in [3.63, 3.8) is 0 Å². The first kappa shape index (κ1) is 34.1. The number of rotatable bonds is 6. The van der Waals surface area contributed by atoms with E-state index in [1.807, 2.05) is 4.90 Å². The number of nitrogens with zero attached hydrogens (tertiary/aromatic N) is 2. The van der Waals surface area contributed by atoms with Gasteiger partial charge in [0.25, 0.3) is 5.91 Å². The summed E-state index contributed by atoms with van der Waals surface area (Å²) < 4.78 is 23.2. The van der Waals surface area contributed by atoms with Crippen LogP contribution in [0.4, 0.5) is 0 Å². The number of fused-ring (bicyclic) bond motifs is 4. The smallest absolute Gasteiger partial charge is 0.349 e. The average molecular weight is 750 g/mol. The highest BCUT2D eigenvalue weighted by atomic mass is 79.9. The quantitative estimate of drug-likeness (QED) is 0.253. The molecule has 7 rings (SSSR count). The maximum Gasteiger partial charge on any atom is 0.349 e. The van der Waals surface area contributed by atoms with Crippen molar-refractivity contribution in [2.24, 2.45) is 16.7 Å². The van der Waals surface area contributed by atoms with Crippen LogP contribution in [-0.4, -0.2) is 83.8 Å². The van der Waals surface area contributed by atoms with E-state index in [1.54, 1.807) is 4.90 Å². The molecule has 5 aliphatic rings. The molecule has 2 bridgehead atoms. The van der Waals surface area contributed by atoms with E-state index in [4.69, 9.17) is 18.9 Å². The number of amides is 1. The summed E-state index contributed by atoms with van der Waals surface area (Å²) in [5.41, 5.74) is 0.327. The molecule has 1 amide bonds. The first-order chi connectivity index (χ1) is 23.6. The molecule has 50 heavy (non-hydrogen) atoms. The van der Waals surface area contributed by atoms with Gasteiger partial charge >= 0.3 is 17.9 Å².